The van der Waals surface area contributed by atoms with Crippen molar-refractivity contribution in [3.8, 4) is 11.1 Å². The van der Waals surface area contributed by atoms with Crippen molar-refractivity contribution in [3.05, 3.63) is 35.7 Å². The molecule has 1 aromatic carbocycles. The highest BCUT2D eigenvalue weighted by Gasteiger charge is 2.34. The molecule has 0 amide bonds. The lowest BCUT2D eigenvalue weighted by atomic mass is 9.99. The number of nitrogens with one attached hydrogen (secondary N) is 1. The number of hydrogen-bond acceptors (Lipinski definition) is 4. The van der Waals surface area contributed by atoms with Gasteiger partial charge >= 0.3 is 6.18 Å². The molecule has 0 unspecified atom stereocenters. The Hall–Kier alpha value is -2.77. The van der Waals surface area contributed by atoms with Gasteiger partial charge in [-0.25, -0.2) is 4.98 Å². The van der Waals surface area contributed by atoms with Gasteiger partial charge in [-0.15, -0.1) is 0 Å². The van der Waals surface area contributed by atoms with E-state index in [0.717, 1.165) is 22.5 Å². The lowest BCUT2D eigenvalue weighted by Crippen LogP contribution is -2.12. The molecule has 0 saturated heterocycles. The number of nitrogen functional groups attached to an aromatic ring is 2. The zero-order valence-electron chi connectivity index (χ0n) is 11.5. The second kappa shape index (κ2) is 4.62. The molecule has 0 saturated carbocycles. The predicted octanol–water partition coefficient (Wildman–Crippen LogP) is 3.12. The summed E-state index contributed by atoms with van der Waals surface area (Å²) in [5.74, 6) is -0.338. The van der Waals surface area contributed by atoms with Gasteiger partial charge < -0.3 is 11.5 Å². The molecule has 0 aliphatic heterocycles. The van der Waals surface area contributed by atoms with Crippen molar-refractivity contribution in [2.24, 2.45) is 0 Å². The SMILES string of the molecule is Cc1cc(-c2cc(C(F)(F)F)nc(N)c2N)cc2cn[nH]c12. The molecule has 0 fully saturated rings. The number of aromatic nitrogens is 3. The third-order valence-electron chi connectivity index (χ3n) is 3.44. The smallest absolute Gasteiger partial charge is 0.395 e. The fourth-order valence-electron chi connectivity index (χ4n) is 2.35. The monoisotopic (exact) mass is 307 g/mol. The summed E-state index contributed by atoms with van der Waals surface area (Å²) in [7, 11) is 0. The van der Waals surface area contributed by atoms with Gasteiger partial charge in [-0.05, 0) is 36.2 Å². The second-order valence-electron chi connectivity index (χ2n) is 4.98. The zero-order valence-corrected chi connectivity index (χ0v) is 11.5. The highest BCUT2D eigenvalue weighted by molar-refractivity contribution is 5.91. The van der Waals surface area contributed by atoms with Crippen LogP contribution in [0.2, 0.25) is 0 Å². The van der Waals surface area contributed by atoms with E-state index >= 15 is 0 Å². The minimum absolute atomic E-state index is 0.0234. The molecule has 0 aliphatic carbocycles. The van der Waals surface area contributed by atoms with Gasteiger partial charge in [-0.3, -0.25) is 5.10 Å². The highest BCUT2D eigenvalue weighted by Crippen LogP contribution is 2.37. The molecule has 2 aromatic heterocycles. The molecule has 22 heavy (non-hydrogen) atoms. The van der Waals surface area contributed by atoms with E-state index in [2.05, 4.69) is 15.2 Å². The van der Waals surface area contributed by atoms with Gasteiger partial charge in [0.05, 0.1) is 17.4 Å². The van der Waals surface area contributed by atoms with Crippen molar-refractivity contribution >= 4 is 22.4 Å². The summed E-state index contributed by atoms with van der Waals surface area (Å²) in [6.07, 6.45) is -3.00. The Bertz CT molecular complexity index is 867. The van der Waals surface area contributed by atoms with Crippen molar-refractivity contribution in [1.29, 1.82) is 0 Å². The van der Waals surface area contributed by atoms with Gasteiger partial charge in [0.25, 0.3) is 0 Å². The molecule has 3 rings (SSSR count). The van der Waals surface area contributed by atoms with Crippen LogP contribution in [0.3, 0.4) is 0 Å². The molecular formula is C14H12F3N5. The first-order valence-electron chi connectivity index (χ1n) is 6.34. The highest BCUT2D eigenvalue weighted by atomic mass is 19.4. The average molecular weight is 307 g/mol. The Kier molecular flexibility index (Phi) is 2.98. The number of hydrogen-bond donors (Lipinski definition) is 3. The van der Waals surface area contributed by atoms with Gasteiger partial charge in [0.15, 0.2) is 0 Å². The van der Waals surface area contributed by atoms with Gasteiger partial charge in [0.2, 0.25) is 0 Å². The first kappa shape index (κ1) is 14.2. The van der Waals surface area contributed by atoms with Gasteiger partial charge in [0.1, 0.15) is 11.5 Å². The Morgan fingerprint density at radius 1 is 1.14 bits per heavy atom. The molecule has 0 aliphatic rings. The molecule has 0 spiro atoms. The number of nitrogens with zero attached hydrogens (tertiary/aromatic N) is 2. The quantitative estimate of drug-likeness (QED) is 0.644. The molecule has 5 nitrogen and oxygen atoms in total. The van der Waals surface area contributed by atoms with E-state index in [1.807, 2.05) is 6.92 Å². The van der Waals surface area contributed by atoms with E-state index < -0.39 is 11.9 Å². The Balaban J connectivity index is 2.27. The van der Waals surface area contributed by atoms with Crippen LogP contribution in [-0.2, 0) is 6.18 Å². The largest absolute Gasteiger partial charge is 0.433 e. The van der Waals surface area contributed by atoms with Crippen molar-refractivity contribution in [2.45, 2.75) is 13.1 Å². The fraction of sp³-hybridized carbons (Fsp3) is 0.143. The lowest BCUT2D eigenvalue weighted by molar-refractivity contribution is -0.141. The number of nitrogens with two attached hydrogens (primary N) is 2. The number of aromatic amines is 1. The molecule has 0 atom stereocenters. The van der Waals surface area contributed by atoms with Crippen molar-refractivity contribution in [1.82, 2.24) is 15.2 Å². The number of rotatable bonds is 1. The number of alkyl halides is 3. The van der Waals surface area contributed by atoms with Crippen molar-refractivity contribution in [3.63, 3.8) is 0 Å². The maximum absolute atomic E-state index is 12.9. The predicted molar refractivity (Wildman–Crippen MR) is 77.9 cm³/mol. The third kappa shape index (κ3) is 2.22. The molecule has 0 radical (unpaired) electrons. The first-order valence-corrected chi connectivity index (χ1v) is 6.34. The minimum Gasteiger partial charge on any atom is -0.395 e. The number of pyridine rings is 1. The molecule has 3 aromatic rings. The topological polar surface area (TPSA) is 93.6 Å². The number of aryl methyl sites for hydroxylation is 1. The van der Waals surface area contributed by atoms with Crippen LogP contribution in [-0.4, -0.2) is 15.2 Å². The van der Waals surface area contributed by atoms with Gasteiger partial charge in [-0.2, -0.15) is 18.3 Å². The normalized spacial score (nSPS) is 12.0. The zero-order chi connectivity index (χ0) is 16.1. The summed E-state index contributed by atoms with van der Waals surface area (Å²) in [5.41, 5.74) is 12.7. The maximum Gasteiger partial charge on any atom is 0.433 e. The van der Waals surface area contributed by atoms with Crippen LogP contribution in [0.25, 0.3) is 22.0 Å². The summed E-state index contributed by atoms with van der Waals surface area (Å²) in [5, 5.41) is 7.53. The number of halogens is 3. The summed E-state index contributed by atoms with van der Waals surface area (Å²) in [4.78, 5) is 3.31. The number of anilines is 2. The average Bonchev–Trinajstić information content (AvgIpc) is 2.89. The van der Waals surface area contributed by atoms with E-state index in [4.69, 9.17) is 11.5 Å². The molecule has 8 heteroatoms. The summed E-state index contributed by atoms with van der Waals surface area (Å²) in [6, 6.07) is 4.34. The molecule has 5 N–H and O–H groups in total. The van der Waals surface area contributed by atoms with E-state index in [1.54, 1.807) is 18.3 Å². The third-order valence-corrected chi connectivity index (χ3v) is 3.44. The lowest BCUT2D eigenvalue weighted by Gasteiger charge is -2.13. The minimum atomic E-state index is -4.59. The number of fused-ring (bicyclic) bond motifs is 1. The summed E-state index contributed by atoms with van der Waals surface area (Å²) >= 11 is 0. The van der Waals surface area contributed by atoms with Crippen LogP contribution >= 0.6 is 0 Å². The Morgan fingerprint density at radius 3 is 2.55 bits per heavy atom. The first-order chi connectivity index (χ1) is 10.3. The van der Waals surface area contributed by atoms with Crippen LogP contribution in [0.5, 0.6) is 0 Å². The van der Waals surface area contributed by atoms with Crippen LogP contribution in [0.15, 0.2) is 24.4 Å². The van der Waals surface area contributed by atoms with E-state index in [-0.39, 0.29) is 17.1 Å². The molecule has 114 valence electrons. The standard InChI is InChI=1S/C14H12F3N5/c1-6-2-7(3-8-5-20-22-12(6)8)9-4-10(14(15,16)17)21-13(19)11(9)18/h2-5H,18H2,1H3,(H2,19,21)(H,20,22). The molecular weight excluding hydrogens is 295 g/mol. The van der Waals surface area contributed by atoms with Crippen LogP contribution in [0.4, 0.5) is 24.7 Å². The van der Waals surface area contributed by atoms with Crippen LogP contribution in [0, 0.1) is 6.92 Å². The number of benzene rings is 1. The van der Waals surface area contributed by atoms with Gasteiger partial charge in [0, 0.05) is 10.9 Å². The molecule has 2 heterocycles. The van der Waals surface area contributed by atoms with Crippen molar-refractivity contribution in [2.75, 3.05) is 11.5 Å². The van der Waals surface area contributed by atoms with E-state index in [0.29, 0.717) is 5.56 Å². The molecule has 0 bridgehead atoms. The van der Waals surface area contributed by atoms with Crippen LogP contribution in [0.1, 0.15) is 11.3 Å². The van der Waals surface area contributed by atoms with Gasteiger partial charge in [-0.1, -0.05) is 0 Å². The fourth-order valence-corrected chi connectivity index (χ4v) is 2.35. The van der Waals surface area contributed by atoms with E-state index in [9.17, 15) is 13.2 Å². The summed E-state index contributed by atoms with van der Waals surface area (Å²) in [6.45, 7) is 1.83. The second-order valence-corrected chi connectivity index (χ2v) is 4.98. The van der Waals surface area contributed by atoms with E-state index in [1.165, 1.54) is 0 Å². The Labute approximate surface area is 123 Å². The van der Waals surface area contributed by atoms with Crippen LogP contribution < -0.4 is 11.5 Å². The Morgan fingerprint density at radius 2 is 1.86 bits per heavy atom. The maximum atomic E-state index is 12.9. The number of H-pyrrole nitrogens is 1. The summed E-state index contributed by atoms with van der Waals surface area (Å²) < 4.78 is 38.7. The van der Waals surface area contributed by atoms with Crippen molar-refractivity contribution < 1.29 is 13.2 Å².